The topological polar surface area (TPSA) is 87.8 Å². The standard InChI is InChI=1S/C9H14N4O2S/c1-7(2)8(6-10)12-16(14,15)9-4-5-11-13(9)3/h4-5,7-8,12H,1-3H3. The fraction of sp³-hybridized carbons (Fsp3) is 0.556. The van der Waals surface area contributed by atoms with E-state index in [0.717, 1.165) is 0 Å². The van der Waals surface area contributed by atoms with E-state index in [9.17, 15) is 8.42 Å². The molecule has 0 amide bonds. The number of nitrogens with zero attached hydrogens (tertiary/aromatic N) is 3. The first-order chi connectivity index (χ1) is 7.38. The second kappa shape index (κ2) is 4.63. The first kappa shape index (κ1) is 12.7. The Kier molecular flexibility index (Phi) is 3.67. The molecule has 16 heavy (non-hydrogen) atoms. The van der Waals surface area contributed by atoms with Crippen LogP contribution in [-0.4, -0.2) is 24.2 Å². The van der Waals surface area contributed by atoms with E-state index in [1.807, 2.05) is 6.07 Å². The number of rotatable bonds is 4. The SMILES string of the molecule is CC(C)C(C#N)NS(=O)(=O)c1ccnn1C. The molecule has 1 aromatic rings. The molecule has 1 rings (SSSR count). The number of aromatic nitrogens is 2. The molecule has 0 aromatic carbocycles. The van der Waals surface area contributed by atoms with Crippen LogP contribution < -0.4 is 4.72 Å². The van der Waals surface area contributed by atoms with Crippen LogP contribution in [0.1, 0.15) is 13.8 Å². The van der Waals surface area contributed by atoms with Gasteiger partial charge in [0, 0.05) is 7.05 Å². The van der Waals surface area contributed by atoms with Crippen molar-refractivity contribution in [1.29, 1.82) is 5.26 Å². The minimum absolute atomic E-state index is 0.0494. The molecule has 0 spiro atoms. The fourth-order valence-electron chi connectivity index (χ4n) is 1.16. The lowest BCUT2D eigenvalue weighted by molar-refractivity contribution is 0.508. The quantitative estimate of drug-likeness (QED) is 0.819. The third kappa shape index (κ3) is 2.59. The minimum atomic E-state index is -3.68. The molecule has 7 heteroatoms. The van der Waals surface area contributed by atoms with Crippen molar-refractivity contribution in [2.24, 2.45) is 13.0 Å². The highest BCUT2D eigenvalue weighted by atomic mass is 32.2. The molecule has 1 heterocycles. The molecule has 1 N–H and O–H groups in total. The van der Waals surface area contributed by atoms with Crippen molar-refractivity contribution in [3.63, 3.8) is 0 Å². The highest BCUT2D eigenvalue weighted by Gasteiger charge is 2.24. The third-order valence-electron chi connectivity index (χ3n) is 2.14. The molecular formula is C9H14N4O2S. The predicted octanol–water partition coefficient (Wildman–Crippen LogP) is 0.247. The summed E-state index contributed by atoms with van der Waals surface area (Å²) in [6.45, 7) is 3.55. The van der Waals surface area contributed by atoms with Crippen LogP contribution in [0.5, 0.6) is 0 Å². The van der Waals surface area contributed by atoms with Gasteiger partial charge in [-0.25, -0.2) is 8.42 Å². The van der Waals surface area contributed by atoms with E-state index < -0.39 is 16.1 Å². The largest absolute Gasteiger partial charge is 0.258 e. The molecule has 0 aliphatic carbocycles. The third-order valence-corrected chi connectivity index (χ3v) is 3.65. The summed E-state index contributed by atoms with van der Waals surface area (Å²) >= 11 is 0. The summed E-state index contributed by atoms with van der Waals surface area (Å²) < 4.78 is 27.3. The summed E-state index contributed by atoms with van der Waals surface area (Å²) in [5.74, 6) is -0.0898. The van der Waals surface area contributed by atoms with E-state index in [-0.39, 0.29) is 10.9 Å². The van der Waals surface area contributed by atoms with Crippen LogP contribution in [-0.2, 0) is 17.1 Å². The maximum absolute atomic E-state index is 11.9. The van der Waals surface area contributed by atoms with E-state index >= 15 is 0 Å². The Morgan fingerprint density at radius 1 is 1.56 bits per heavy atom. The van der Waals surface area contributed by atoms with Crippen molar-refractivity contribution in [1.82, 2.24) is 14.5 Å². The molecule has 0 saturated heterocycles. The molecule has 0 aliphatic rings. The monoisotopic (exact) mass is 242 g/mol. The Balaban J connectivity index is 2.98. The van der Waals surface area contributed by atoms with Crippen LogP contribution in [0.25, 0.3) is 0 Å². The summed E-state index contributed by atoms with van der Waals surface area (Å²) in [5, 5.41) is 12.7. The molecule has 88 valence electrons. The van der Waals surface area contributed by atoms with Gasteiger partial charge >= 0.3 is 0 Å². The van der Waals surface area contributed by atoms with Crippen LogP contribution in [0.4, 0.5) is 0 Å². The summed E-state index contributed by atoms with van der Waals surface area (Å²) in [7, 11) is -2.14. The van der Waals surface area contributed by atoms with E-state index in [1.54, 1.807) is 13.8 Å². The average Bonchev–Trinajstić information content (AvgIpc) is 2.61. The van der Waals surface area contributed by atoms with Crippen LogP contribution in [0, 0.1) is 17.2 Å². The second-order valence-corrected chi connectivity index (χ2v) is 5.43. The Bertz CT molecular complexity index is 498. The number of nitriles is 1. The Morgan fingerprint density at radius 2 is 2.19 bits per heavy atom. The first-order valence-electron chi connectivity index (χ1n) is 4.78. The Labute approximate surface area is 94.9 Å². The van der Waals surface area contributed by atoms with E-state index in [1.165, 1.54) is 24.0 Å². The molecule has 0 radical (unpaired) electrons. The lowest BCUT2D eigenvalue weighted by Crippen LogP contribution is -2.38. The number of aryl methyl sites for hydroxylation is 1. The number of nitrogens with one attached hydrogen (secondary N) is 1. The predicted molar refractivity (Wildman–Crippen MR) is 57.8 cm³/mol. The molecule has 6 nitrogen and oxygen atoms in total. The van der Waals surface area contributed by atoms with Gasteiger partial charge in [-0.2, -0.15) is 15.1 Å². The average molecular weight is 242 g/mol. The molecule has 1 atom stereocenters. The number of hydrogen-bond acceptors (Lipinski definition) is 4. The summed E-state index contributed by atoms with van der Waals surface area (Å²) in [6, 6.07) is 2.57. The van der Waals surface area contributed by atoms with Crippen molar-refractivity contribution in [3.05, 3.63) is 12.3 Å². The van der Waals surface area contributed by atoms with Gasteiger partial charge in [-0.15, -0.1) is 0 Å². The van der Waals surface area contributed by atoms with Crippen molar-refractivity contribution >= 4 is 10.0 Å². The van der Waals surface area contributed by atoms with Gasteiger partial charge in [0.25, 0.3) is 10.0 Å². The summed E-state index contributed by atoms with van der Waals surface area (Å²) in [4.78, 5) is 0. The van der Waals surface area contributed by atoms with Gasteiger partial charge in [0.1, 0.15) is 6.04 Å². The van der Waals surface area contributed by atoms with Gasteiger partial charge in [-0.1, -0.05) is 13.8 Å². The van der Waals surface area contributed by atoms with Gasteiger partial charge in [-0.05, 0) is 12.0 Å². The molecule has 1 aromatic heterocycles. The zero-order valence-electron chi connectivity index (χ0n) is 9.38. The van der Waals surface area contributed by atoms with Crippen molar-refractivity contribution < 1.29 is 8.42 Å². The Morgan fingerprint density at radius 3 is 2.56 bits per heavy atom. The zero-order chi connectivity index (χ0) is 12.3. The second-order valence-electron chi connectivity index (χ2n) is 3.77. The smallest absolute Gasteiger partial charge is 0.256 e. The van der Waals surface area contributed by atoms with Crippen molar-refractivity contribution in [2.75, 3.05) is 0 Å². The zero-order valence-corrected chi connectivity index (χ0v) is 10.2. The van der Waals surface area contributed by atoms with E-state index in [2.05, 4.69) is 9.82 Å². The first-order valence-corrected chi connectivity index (χ1v) is 6.26. The van der Waals surface area contributed by atoms with E-state index in [0.29, 0.717) is 0 Å². The van der Waals surface area contributed by atoms with Crippen molar-refractivity contribution in [2.45, 2.75) is 24.9 Å². The fourth-order valence-corrected chi connectivity index (χ4v) is 2.58. The van der Waals surface area contributed by atoms with E-state index in [4.69, 9.17) is 5.26 Å². The maximum atomic E-state index is 11.9. The number of sulfonamides is 1. The molecule has 0 aliphatic heterocycles. The lowest BCUT2D eigenvalue weighted by Gasteiger charge is -2.14. The minimum Gasteiger partial charge on any atom is -0.256 e. The van der Waals surface area contributed by atoms with Gasteiger partial charge in [0.2, 0.25) is 0 Å². The highest BCUT2D eigenvalue weighted by molar-refractivity contribution is 7.89. The molecule has 1 unspecified atom stereocenters. The highest BCUT2D eigenvalue weighted by Crippen LogP contribution is 2.09. The van der Waals surface area contributed by atoms with Crippen LogP contribution in [0.15, 0.2) is 17.3 Å². The molecule has 0 fully saturated rings. The van der Waals surface area contributed by atoms with Crippen LogP contribution >= 0.6 is 0 Å². The van der Waals surface area contributed by atoms with Gasteiger partial charge < -0.3 is 0 Å². The summed E-state index contributed by atoms with van der Waals surface area (Å²) in [5.41, 5.74) is 0. The number of hydrogen-bond donors (Lipinski definition) is 1. The molecular weight excluding hydrogens is 228 g/mol. The lowest BCUT2D eigenvalue weighted by atomic mass is 10.1. The summed E-state index contributed by atoms with van der Waals surface area (Å²) in [6.07, 6.45) is 1.39. The van der Waals surface area contributed by atoms with Gasteiger partial charge in [0.15, 0.2) is 5.03 Å². The Hall–Kier alpha value is -1.39. The van der Waals surface area contributed by atoms with Crippen LogP contribution in [0.2, 0.25) is 0 Å². The van der Waals surface area contributed by atoms with Crippen molar-refractivity contribution in [3.8, 4) is 6.07 Å². The maximum Gasteiger partial charge on any atom is 0.258 e. The molecule has 0 bridgehead atoms. The normalized spacial score (nSPS) is 13.7. The molecule has 0 saturated carbocycles. The van der Waals surface area contributed by atoms with Crippen LogP contribution in [0.3, 0.4) is 0 Å². The van der Waals surface area contributed by atoms with Gasteiger partial charge in [-0.3, -0.25) is 4.68 Å². The van der Waals surface area contributed by atoms with Gasteiger partial charge in [0.05, 0.1) is 12.3 Å².